The molecule has 1 aliphatic rings. The van der Waals surface area contributed by atoms with Gasteiger partial charge < -0.3 is 10.4 Å². The van der Waals surface area contributed by atoms with Gasteiger partial charge in [0.05, 0.1) is 12.1 Å². The number of rotatable bonds is 3. The van der Waals surface area contributed by atoms with Crippen molar-refractivity contribution in [2.45, 2.75) is 24.8 Å². The van der Waals surface area contributed by atoms with E-state index >= 15 is 0 Å². The zero-order valence-electron chi connectivity index (χ0n) is 8.57. The smallest absolute Gasteiger partial charge is 0.207 e. The Morgan fingerprint density at radius 1 is 1.40 bits per heavy atom. The summed E-state index contributed by atoms with van der Waals surface area (Å²) in [6, 6.07) is 8.19. The lowest BCUT2D eigenvalue weighted by molar-refractivity contribution is -0.112. The molecule has 2 rings (SSSR count). The predicted octanol–water partition coefficient (Wildman–Crippen LogP) is 0.652. The van der Waals surface area contributed by atoms with Crippen molar-refractivity contribution in [1.82, 2.24) is 5.32 Å². The Morgan fingerprint density at radius 3 is 2.80 bits per heavy atom. The van der Waals surface area contributed by atoms with Gasteiger partial charge >= 0.3 is 0 Å². The van der Waals surface area contributed by atoms with Gasteiger partial charge in [0.1, 0.15) is 0 Å². The Bertz CT molecular complexity index is 364. The van der Waals surface area contributed by atoms with Gasteiger partial charge in [0.25, 0.3) is 0 Å². The molecule has 0 saturated carbocycles. The Kier molecular flexibility index (Phi) is 2.73. The number of aryl methyl sites for hydroxylation is 1. The van der Waals surface area contributed by atoms with Gasteiger partial charge in [0.15, 0.2) is 0 Å². The molecule has 0 bridgehead atoms. The van der Waals surface area contributed by atoms with Gasteiger partial charge in [-0.25, -0.2) is 0 Å². The van der Waals surface area contributed by atoms with Crippen LogP contribution in [-0.2, 0) is 17.6 Å². The van der Waals surface area contributed by atoms with Gasteiger partial charge in [-0.3, -0.25) is 4.79 Å². The molecule has 3 heteroatoms. The van der Waals surface area contributed by atoms with E-state index in [0.717, 1.165) is 19.3 Å². The summed E-state index contributed by atoms with van der Waals surface area (Å²) in [6.45, 7) is 0.0000737. The molecule has 0 heterocycles. The lowest BCUT2D eigenvalue weighted by atomic mass is 9.78. The van der Waals surface area contributed by atoms with Gasteiger partial charge in [-0.15, -0.1) is 0 Å². The second-order valence-corrected chi connectivity index (χ2v) is 4.15. The molecular formula is C12H15NO2. The molecule has 2 N–H and O–H groups in total. The van der Waals surface area contributed by atoms with Crippen LogP contribution in [-0.4, -0.2) is 23.7 Å². The van der Waals surface area contributed by atoms with Crippen LogP contribution in [0.15, 0.2) is 24.3 Å². The topological polar surface area (TPSA) is 49.3 Å². The van der Waals surface area contributed by atoms with Crippen LogP contribution in [0.3, 0.4) is 0 Å². The Labute approximate surface area is 89.1 Å². The molecule has 3 nitrogen and oxygen atoms in total. The quantitative estimate of drug-likeness (QED) is 0.712. The second kappa shape index (κ2) is 4.03. The molecular weight excluding hydrogens is 190 g/mol. The summed E-state index contributed by atoms with van der Waals surface area (Å²) in [7, 11) is 0. The molecule has 0 radical (unpaired) electrons. The zero-order chi connectivity index (χ0) is 10.7. The van der Waals surface area contributed by atoms with E-state index in [1.807, 2.05) is 12.1 Å². The van der Waals surface area contributed by atoms with E-state index in [-0.39, 0.29) is 6.61 Å². The standard InChI is InChI=1S/C12H15NO2/c14-8-12(13-9-15)6-5-10-3-1-2-4-11(10)7-12/h1-4,9,14H,5-8H2,(H,13,15). The van der Waals surface area contributed by atoms with Crippen molar-refractivity contribution in [3.63, 3.8) is 0 Å². The molecule has 0 aromatic heterocycles. The zero-order valence-corrected chi connectivity index (χ0v) is 8.57. The normalized spacial score (nSPS) is 24.3. The fourth-order valence-corrected chi connectivity index (χ4v) is 2.23. The maximum atomic E-state index is 10.5. The second-order valence-electron chi connectivity index (χ2n) is 4.15. The van der Waals surface area contributed by atoms with Crippen molar-refractivity contribution < 1.29 is 9.90 Å². The maximum absolute atomic E-state index is 10.5. The number of aliphatic hydroxyl groups excluding tert-OH is 1. The maximum Gasteiger partial charge on any atom is 0.207 e. The van der Waals surface area contributed by atoms with Crippen molar-refractivity contribution in [2.24, 2.45) is 0 Å². The SMILES string of the molecule is O=CNC1(CO)CCc2ccccc2C1. The molecule has 0 aliphatic heterocycles. The fourth-order valence-electron chi connectivity index (χ4n) is 2.23. The van der Waals surface area contributed by atoms with Crippen LogP contribution in [0, 0.1) is 0 Å². The van der Waals surface area contributed by atoms with Crippen molar-refractivity contribution in [2.75, 3.05) is 6.61 Å². The van der Waals surface area contributed by atoms with Gasteiger partial charge in [-0.05, 0) is 30.4 Å². The molecule has 1 aliphatic carbocycles. The van der Waals surface area contributed by atoms with Crippen molar-refractivity contribution in [3.8, 4) is 0 Å². The third-order valence-electron chi connectivity index (χ3n) is 3.19. The summed E-state index contributed by atoms with van der Waals surface area (Å²) in [5.74, 6) is 0. The minimum absolute atomic E-state index is 0.0000737. The molecule has 0 spiro atoms. The van der Waals surface area contributed by atoms with Crippen LogP contribution in [0.2, 0.25) is 0 Å². The average molecular weight is 205 g/mol. The number of hydrogen-bond donors (Lipinski definition) is 2. The van der Waals surface area contributed by atoms with Crippen LogP contribution in [0.4, 0.5) is 0 Å². The summed E-state index contributed by atoms with van der Waals surface area (Å²) >= 11 is 0. The van der Waals surface area contributed by atoms with Gasteiger partial charge in [0.2, 0.25) is 6.41 Å². The van der Waals surface area contributed by atoms with Crippen LogP contribution < -0.4 is 5.32 Å². The Balaban J connectivity index is 2.26. The third kappa shape index (κ3) is 1.88. The van der Waals surface area contributed by atoms with E-state index in [1.165, 1.54) is 11.1 Å². The lowest BCUT2D eigenvalue weighted by Gasteiger charge is -2.36. The van der Waals surface area contributed by atoms with Crippen LogP contribution in [0.1, 0.15) is 17.5 Å². The number of carbonyl (C=O) groups excluding carboxylic acids is 1. The van der Waals surface area contributed by atoms with E-state index < -0.39 is 5.54 Å². The van der Waals surface area contributed by atoms with Crippen LogP contribution in [0.25, 0.3) is 0 Å². The number of carbonyl (C=O) groups is 1. The van der Waals surface area contributed by atoms with Crippen molar-refractivity contribution in [3.05, 3.63) is 35.4 Å². The molecule has 1 atom stereocenters. The lowest BCUT2D eigenvalue weighted by Crippen LogP contribution is -2.51. The summed E-state index contributed by atoms with van der Waals surface area (Å²) < 4.78 is 0. The highest BCUT2D eigenvalue weighted by atomic mass is 16.3. The van der Waals surface area contributed by atoms with Gasteiger partial charge in [-0.1, -0.05) is 24.3 Å². The van der Waals surface area contributed by atoms with Crippen molar-refractivity contribution in [1.29, 1.82) is 0 Å². The third-order valence-corrected chi connectivity index (χ3v) is 3.19. The van der Waals surface area contributed by atoms with E-state index in [9.17, 15) is 9.90 Å². The number of nitrogens with one attached hydrogen (secondary N) is 1. The molecule has 15 heavy (non-hydrogen) atoms. The molecule has 1 aromatic carbocycles. The van der Waals surface area contributed by atoms with Gasteiger partial charge in [0, 0.05) is 0 Å². The van der Waals surface area contributed by atoms with E-state index in [4.69, 9.17) is 0 Å². The van der Waals surface area contributed by atoms with E-state index in [2.05, 4.69) is 17.4 Å². The minimum Gasteiger partial charge on any atom is -0.394 e. The highest BCUT2D eigenvalue weighted by molar-refractivity contribution is 5.49. The first-order valence-corrected chi connectivity index (χ1v) is 5.19. The number of hydrogen-bond acceptors (Lipinski definition) is 2. The first-order valence-electron chi connectivity index (χ1n) is 5.19. The molecule has 1 amide bonds. The Hall–Kier alpha value is -1.35. The number of fused-ring (bicyclic) bond motifs is 1. The van der Waals surface area contributed by atoms with Crippen LogP contribution >= 0.6 is 0 Å². The monoisotopic (exact) mass is 205 g/mol. The minimum atomic E-state index is -0.448. The van der Waals surface area contributed by atoms with E-state index in [0.29, 0.717) is 6.41 Å². The average Bonchev–Trinajstić information content (AvgIpc) is 2.29. The summed E-state index contributed by atoms with van der Waals surface area (Å²) in [4.78, 5) is 10.5. The first kappa shape index (κ1) is 10.2. The van der Waals surface area contributed by atoms with Crippen LogP contribution in [0.5, 0.6) is 0 Å². The molecule has 0 saturated heterocycles. The Morgan fingerprint density at radius 2 is 2.13 bits per heavy atom. The highest BCUT2D eigenvalue weighted by Gasteiger charge is 2.32. The first-order chi connectivity index (χ1) is 7.29. The highest BCUT2D eigenvalue weighted by Crippen LogP contribution is 2.28. The van der Waals surface area contributed by atoms with E-state index in [1.54, 1.807) is 0 Å². The predicted molar refractivity (Wildman–Crippen MR) is 57.5 cm³/mol. The molecule has 80 valence electrons. The summed E-state index contributed by atoms with van der Waals surface area (Å²) in [5, 5.41) is 12.1. The van der Waals surface area contributed by atoms with Crippen molar-refractivity contribution >= 4 is 6.41 Å². The summed E-state index contributed by atoms with van der Waals surface area (Å²) in [5.41, 5.74) is 2.11. The number of benzene rings is 1. The number of amides is 1. The molecule has 1 unspecified atom stereocenters. The summed E-state index contributed by atoms with van der Waals surface area (Å²) in [6.07, 6.45) is 3.12. The van der Waals surface area contributed by atoms with Gasteiger partial charge in [-0.2, -0.15) is 0 Å². The molecule has 1 aromatic rings. The number of aliphatic hydroxyl groups is 1. The largest absolute Gasteiger partial charge is 0.394 e. The molecule has 0 fully saturated rings. The fraction of sp³-hybridized carbons (Fsp3) is 0.417.